The van der Waals surface area contributed by atoms with Crippen LogP contribution in [0.15, 0.2) is 29.3 Å². The predicted octanol–water partition coefficient (Wildman–Crippen LogP) is 3.15. The number of rotatable bonds is 8. The van der Waals surface area contributed by atoms with Gasteiger partial charge in [-0.25, -0.2) is 4.99 Å². The number of piperidine rings is 1. The van der Waals surface area contributed by atoms with E-state index in [9.17, 15) is 0 Å². The maximum atomic E-state index is 5.48. The van der Waals surface area contributed by atoms with E-state index in [1.807, 2.05) is 0 Å². The van der Waals surface area contributed by atoms with Gasteiger partial charge < -0.3 is 15.4 Å². The minimum Gasteiger partial charge on any atom is -0.377 e. The van der Waals surface area contributed by atoms with Gasteiger partial charge in [0.15, 0.2) is 5.96 Å². The lowest BCUT2D eigenvalue weighted by Crippen LogP contribution is -2.45. The molecule has 1 aromatic rings. The molecule has 0 aliphatic carbocycles. The van der Waals surface area contributed by atoms with E-state index in [1.165, 1.54) is 43.5 Å². The number of aliphatic imine (C=N–C) groups is 1. The molecule has 1 fully saturated rings. The second kappa shape index (κ2) is 10.5. The molecule has 5 nitrogen and oxygen atoms in total. The lowest BCUT2D eigenvalue weighted by atomic mass is 10.1. The zero-order chi connectivity index (χ0) is 18.8. The summed E-state index contributed by atoms with van der Waals surface area (Å²) < 4.78 is 5.48. The van der Waals surface area contributed by atoms with Crippen LogP contribution in [0, 0.1) is 0 Å². The number of hydrogen-bond donors (Lipinski definition) is 2. The van der Waals surface area contributed by atoms with Crippen LogP contribution in [0.4, 0.5) is 0 Å². The first-order valence-corrected chi connectivity index (χ1v) is 9.90. The fraction of sp³-hybridized carbons (Fsp3) is 0.667. The molecule has 1 aliphatic rings. The summed E-state index contributed by atoms with van der Waals surface area (Å²) >= 11 is 0. The standard InChI is InChI=1S/C21H36N4O/c1-5-22-20(24-17-21(2,3)26-4)23-15-18-11-7-8-12-19(18)16-25-13-9-6-10-14-25/h7-8,11-12H,5-6,9-10,13-17H2,1-4H3,(H2,22,23,24). The van der Waals surface area contributed by atoms with Crippen molar-refractivity contribution < 1.29 is 4.74 Å². The van der Waals surface area contributed by atoms with Gasteiger partial charge in [-0.3, -0.25) is 4.90 Å². The van der Waals surface area contributed by atoms with Crippen LogP contribution in [0.2, 0.25) is 0 Å². The van der Waals surface area contributed by atoms with Crippen molar-refractivity contribution in [2.75, 3.05) is 33.3 Å². The average molecular weight is 361 g/mol. The highest BCUT2D eigenvalue weighted by molar-refractivity contribution is 5.79. The molecule has 1 aromatic carbocycles. The van der Waals surface area contributed by atoms with Crippen LogP contribution in [0.1, 0.15) is 51.2 Å². The average Bonchev–Trinajstić information content (AvgIpc) is 2.66. The van der Waals surface area contributed by atoms with Gasteiger partial charge in [-0.15, -0.1) is 0 Å². The van der Waals surface area contributed by atoms with E-state index in [0.29, 0.717) is 13.1 Å². The van der Waals surface area contributed by atoms with Crippen molar-refractivity contribution in [3.05, 3.63) is 35.4 Å². The first-order valence-electron chi connectivity index (χ1n) is 9.90. The monoisotopic (exact) mass is 360 g/mol. The van der Waals surface area contributed by atoms with Gasteiger partial charge in [-0.2, -0.15) is 0 Å². The van der Waals surface area contributed by atoms with Gasteiger partial charge in [-0.05, 0) is 57.8 Å². The normalized spacial score (nSPS) is 16.5. The summed E-state index contributed by atoms with van der Waals surface area (Å²) in [6, 6.07) is 8.69. The molecule has 0 aromatic heterocycles. The minimum absolute atomic E-state index is 0.220. The Bertz CT molecular complexity index is 565. The third kappa shape index (κ3) is 6.96. The van der Waals surface area contributed by atoms with E-state index >= 15 is 0 Å². The quantitative estimate of drug-likeness (QED) is 0.552. The third-order valence-electron chi connectivity index (χ3n) is 4.95. The van der Waals surface area contributed by atoms with E-state index in [0.717, 1.165) is 19.0 Å². The van der Waals surface area contributed by atoms with Crippen LogP contribution in [-0.2, 0) is 17.8 Å². The molecule has 0 saturated carbocycles. The van der Waals surface area contributed by atoms with Crippen molar-refractivity contribution >= 4 is 5.96 Å². The van der Waals surface area contributed by atoms with Gasteiger partial charge in [0, 0.05) is 26.7 Å². The maximum absolute atomic E-state index is 5.48. The molecular formula is C21H36N4O. The van der Waals surface area contributed by atoms with Crippen molar-refractivity contribution in [2.24, 2.45) is 4.99 Å². The summed E-state index contributed by atoms with van der Waals surface area (Å²) in [5.41, 5.74) is 2.48. The lowest BCUT2D eigenvalue weighted by Gasteiger charge is -2.27. The first-order chi connectivity index (χ1) is 12.5. The maximum Gasteiger partial charge on any atom is 0.191 e. The molecule has 5 heteroatoms. The van der Waals surface area contributed by atoms with E-state index in [2.05, 4.69) is 60.6 Å². The Morgan fingerprint density at radius 1 is 1.12 bits per heavy atom. The number of nitrogens with zero attached hydrogens (tertiary/aromatic N) is 2. The molecule has 0 amide bonds. The molecular weight excluding hydrogens is 324 g/mol. The highest BCUT2D eigenvalue weighted by Gasteiger charge is 2.16. The number of guanidine groups is 1. The SMILES string of the molecule is CCNC(=NCc1ccccc1CN1CCCCC1)NCC(C)(C)OC. The Hall–Kier alpha value is -1.59. The Morgan fingerprint density at radius 2 is 1.81 bits per heavy atom. The van der Waals surface area contributed by atoms with Crippen LogP contribution in [0.3, 0.4) is 0 Å². The molecule has 2 N–H and O–H groups in total. The summed E-state index contributed by atoms with van der Waals surface area (Å²) in [6.07, 6.45) is 4.02. The number of methoxy groups -OCH3 is 1. The van der Waals surface area contributed by atoms with Crippen molar-refractivity contribution in [1.82, 2.24) is 15.5 Å². The van der Waals surface area contributed by atoms with Crippen molar-refractivity contribution in [3.8, 4) is 0 Å². The van der Waals surface area contributed by atoms with Crippen LogP contribution >= 0.6 is 0 Å². The Morgan fingerprint density at radius 3 is 2.46 bits per heavy atom. The van der Waals surface area contributed by atoms with Crippen LogP contribution in [0.5, 0.6) is 0 Å². The molecule has 0 unspecified atom stereocenters. The van der Waals surface area contributed by atoms with Crippen LogP contribution in [0.25, 0.3) is 0 Å². The second-order valence-electron chi connectivity index (χ2n) is 7.62. The highest BCUT2D eigenvalue weighted by atomic mass is 16.5. The number of likely N-dealkylation sites (tertiary alicyclic amines) is 1. The lowest BCUT2D eigenvalue weighted by molar-refractivity contribution is 0.0268. The second-order valence-corrected chi connectivity index (χ2v) is 7.62. The van der Waals surface area contributed by atoms with E-state index < -0.39 is 0 Å². The molecule has 1 saturated heterocycles. The van der Waals surface area contributed by atoms with Crippen molar-refractivity contribution in [2.45, 2.75) is 58.7 Å². The Labute approximate surface area is 159 Å². The molecule has 26 heavy (non-hydrogen) atoms. The molecule has 0 radical (unpaired) electrons. The van der Waals surface area contributed by atoms with E-state index in [1.54, 1.807) is 7.11 Å². The highest BCUT2D eigenvalue weighted by Crippen LogP contribution is 2.17. The van der Waals surface area contributed by atoms with Gasteiger partial charge in [0.1, 0.15) is 0 Å². The molecule has 2 rings (SSSR count). The fourth-order valence-electron chi connectivity index (χ4n) is 3.10. The largest absolute Gasteiger partial charge is 0.377 e. The summed E-state index contributed by atoms with van der Waals surface area (Å²) in [5.74, 6) is 0.838. The first kappa shape index (κ1) is 20.7. The Balaban J connectivity index is 2.01. The number of nitrogens with one attached hydrogen (secondary N) is 2. The van der Waals surface area contributed by atoms with E-state index in [-0.39, 0.29) is 5.60 Å². The molecule has 0 atom stereocenters. The summed E-state index contributed by atoms with van der Waals surface area (Å²) in [4.78, 5) is 7.36. The molecule has 0 spiro atoms. The van der Waals surface area contributed by atoms with Gasteiger partial charge >= 0.3 is 0 Å². The summed E-state index contributed by atoms with van der Waals surface area (Å²) in [6.45, 7) is 11.9. The smallest absolute Gasteiger partial charge is 0.191 e. The molecule has 1 heterocycles. The van der Waals surface area contributed by atoms with Crippen molar-refractivity contribution in [3.63, 3.8) is 0 Å². The number of ether oxygens (including phenoxy) is 1. The summed E-state index contributed by atoms with van der Waals surface area (Å²) in [7, 11) is 1.74. The summed E-state index contributed by atoms with van der Waals surface area (Å²) in [5, 5.41) is 6.71. The third-order valence-corrected chi connectivity index (χ3v) is 4.95. The zero-order valence-corrected chi connectivity index (χ0v) is 17.0. The van der Waals surface area contributed by atoms with Gasteiger partial charge in [-0.1, -0.05) is 30.7 Å². The van der Waals surface area contributed by atoms with E-state index in [4.69, 9.17) is 9.73 Å². The van der Waals surface area contributed by atoms with Gasteiger partial charge in [0.05, 0.1) is 12.1 Å². The zero-order valence-electron chi connectivity index (χ0n) is 17.0. The number of hydrogen-bond acceptors (Lipinski definition) is 3. The fourth-order valence-corrected chi connectivity index (χ4v) is 3.10. The van der Waals surface area contributed by atoms with Crippen molar-refractivity contribution in [1.29, 1.82) is 0 Å². The molecule has 0 bridgehead atoms. The topological polar surface area (TPSA) is 48.9 Å². The van der Waals surface area contributed by atoms with Crippen LogP contribution in [-0.4, -0.2) is 49.7 Å². The van der Waals surface area contributed by atoms with Gasteiger partial charge in [0.25, 0.3) is 0 Å². The molecule has 146 valence electrons. The Kier molecular flexibility index (Phi) is 8.39. The van der Waals surface area contributed by atoms with Gasteiger partial charge in [0.2, 0.25) is 0 Å². The predicted molar refractivity (Wildman–Crippen MR) is 109 cm³/mol. The molecule has 1 aliphatic heterocycles. The minimum atomic E-state index is -0.220. The van der Waals surface area contributed by atoms with Crippen LogP contribution < -0.4 is 10.6 Å². The number of benzene rings is 1.